The fourth-order valence-corrected chi connectivity index (χ4v) is 1.29. The van der Waals surface area contributed by atoms with Crippen LogP contribution in [0.1, 0.15) is 5.56 Å². The molecule has 4 nitrogen and oxygen atoms in total. The second kappa shape index (κ2) is 4.13. The molecule has 0 aliphatic heterocycles. The van der Waals surface area contributed by atoms with Crippen molar-refractivity contribution in [3.05, 3.63) is 28.2 Å². The Morgan fingerprint density at radius 3 is 2.77 bits per heavy atom. The maximum absolute atomic E-state index is 5.55. The molecular formula is C8H10BrN3O. The Bertz CT molecular complexity index is 338. The summed E-state index contributed by atoms with van der Waals surface area (Å²) in [4.78, 5) is 0. The smallest absolute Gasteiger partial charge is 0.154 e. The maximum atomic E-state index is 5.55. The fraction of sp³-hybridized carbons (Fsp3) is 0.125. The number of nitrogens with two attached hydrogens (primary N) is 2. The molecule has 0 atom stereocenters. The van der Waals surface area contributed by atoms with Crippen LogP contribution in [0.5, 0.6) is 5.75 Å². The molecule has 70 valence electrons. The third-order valence-corrected chi connectivity index (χ3v) is 2.07. The Labute approximate surface area is 84.7 Å². The molecule has 0 aliphatic carbocycles. The van der Waals surface area contributed by atoms with E-state index in [2.05, 4.69) is 21.0 Å². The first-order chi connectivity index (χ1) is 6.19. The molecule has 0 amide bonds. The first-order valence-corrected chi connectivity index (χ1v) is 4.35. The molecule has 0 saturated heterocycles. The minimum Gasteiger partial charge on any atom is -0.496 e. The molecule has 0 saturated carbocycles. The summed E-state index contributed by atoms with van der Waals surface area (Å²) in [6, 6.07) is 5.43. The number of hydrogen-bond donors (Lipinski definition) is 2. The first-order valence-electron chi connectivity index (χ1n) is 3.56. The van der Waals surface area contributed by atoms with Crippen molar-refractivity contribution in [2.24, 2.45) is 16.7 Å². The molecule has 0 unspecified atom stereocenters. The highest BCUT2D eigenvalue weighted by molar-refractivity contribution is 9.10. The number of rotatable bonds is 2. The zero-order valence-electron chi connectivity index (χ0n) is 7.12. The molecule has 0 aliphatic rings. The lowest BCUT2D eigenvalue weighted by molar-refractivity contribution is 0.413. The van der Waals surface area contributed by atoms with Gasteiger partial charge in [-0.2, -0.15) is 5.10 Å². The Kier molecular flexibility index (Phi) is 3.13. The predicted molar refractivity (Wildman–Crippen MR) is 55.6 cm³/mol. The second-order valence-electron chi connectivity index (χ2n) is 2.36. The number of hydrogen-bond acceptors (Lipinski definition) is 3. The summed E-state index contributed by atoms with van der Waals surface area (Å²) >= 11 is 3.32. The molecule has 1 aromatic carbocycles. The number of methoxy groups -OCH3 is 1. The minimum absolute atomic E-state index is 0.254. The van der Waals surface area contributed by atoms with Gasteiger partial charge in [0.05, 0.1) is 12.7 Å². The Hall–Kier alpha value is -1.23. The van der Waals surface area contributed by atoms with Crippen LogP contribution in [-0.2, 0) is 0 Å². The molecule has 13 heavy (non-hydrogen) atoms. The monoisotopic (exact) mass is 243 g/mol. The average Bonchev–Trinajstić information content (AvgIpc) is 2.16. The quantitative estimate of drug-likeness (QED) is 0.353. The molecule has 5 heteroatoms. The predicted octanol–water partition coefficient (Wildman–Crippen LogP) is 1.04. The lowest BCUT2D eigenvalue weighted by Gasteiger charge is -2.07. The van der Waals surface area contributed by atoms with Gasteiger partial charge in [-0.05, 0) is 18.2 Å². The topological polar surface area (TPSA) is 73.6 Å². The molecular weight excluding hydrogens is 234 g/mol. The number of benzene rings is 1. The van der Waals surface area contributed by atoms with Gasteiger partial charge < -0.3 is 16.3 Å². The first kappa shape index (κ1) is 9.85. The van der Waals surface area contributed by atoms with E-state index in [0.29, 0.717) is 11.3 Å². The highest BCUT2D eigenvalue weighted by atomic mass is 79.9. The van der Waals surface area contributed by atoms with Crippen molar-refractivity contribution in [2.45, 2.75) is 0 Å². The second-order valence-corrected chi connectivity index (χ2v) is 3.27. The number of hydrazone groups is 1. The third kappa shape index (κ3) is 2.12. The van der Waals surface area contributed by atoms with Crippen LogP contribution >= 0.6 is 15.9 Å². The van der Waals surface area contributed by atoms with Crippen LogP contribution in [0.3, 0.4) is 0 Å². The van der Waals surface area contributed by atoms with Crippen LogP contribution < -0.4 is 16.3 Å². The van der Waals surface area contributed by atoms with Gasteiger partial charge in [0.1, 0.15) is 5.75 Å². The van der Waals surface area contributed by atoms with E-state index in [1.807, 2.05) is 6.07 Å². The SMILES string of the molecule is COc1cc(Br)ccc1/C(N)=N/N. The lowest BCUT2D eigenvalue weighted by Crippen LogP contribution is -2.16. The number of halogens is 1. The molecule has 0 bridgehead atoms. The van der Waals surface area contributed by atoms with Gasteiger partial charge in [0.2, 0.25) is 0 Å². The molecule has 1 rings (SSSR count). The zero-order valence-corrected chi connectivity index (χ0v) is 8.71. The number of ether oxygens (including phenoxy) is 1. The summed E-state index contributed by atoms with van der Waals surface area (Å²) in [6.45, 7) is 0. The molecule has 0 spiro atoms. The Morgan fingerprint density at radius 1 is 1.54 bits per heavy atom. The van der Waals surface area contributed by atoms with Crippen molar-refractivity contribution in [3.63, 3.8) is 0 Å². The molecule has 0 radical (unpaired) electrons. The normalized spacial score (nSPS) is 11.4. The molecule has 4 N–H and O–H groups in total. The average molecular weight is 244 g/mol. The molecule has 1 aromatic rings. The van der Waals surface area contributed by atoms with Crippen molar-refractivity contribution >= 4 is 21.8 Å². The van der Waals surface area contributed by atoms with Crippen LogP contribution in [0.4, 0.5) is 0 Å². The number of amidine groups is 1. The van der Waals surface area contributed by atoms with Gasteiger partial charge in [-0.1, -0.05) is 15.9 Å². The van der Waals surface area contributed by atoms with Crippen LogP contribution in [0, 0.1) is 0 Å². The van der Waals surface area contributed by atoms with E-state index in [9.17, 15) is 0 Å². The molecule has 0 aromatic heterocycles. The van der Waals surface area contributed by atoms with Crippen molar-refractivity contribution < 1.29 is 4.74 Å². The highest BCUT2D eigenvalue weighted by Gasteiger charge is 2.06. The van der Waals surface area contributed by atoms with Crippen LogP contribution in [0.15, 0.2) is 27.8 Å². The zero-order chi connectivity index (χ0) is 9.84. The van der Waals surface area contributed by atoms with E-state index >= 15 is 0 Å². The summed E-state index contributed by atoms with van der Waals surface area (Å²) < 4.78 is 6.02. The summed E-state index contributed by atoms with van der Waals surface area (Å²) in [6.07, 6.45) is 0. The summed E-state index contributed by atoms with van der Waals surface area (Å²) in [5.41, 5.74) is 6.24. The van der Waals surface area contributed by atoms with Gasteiger partial charge in [0.15, 0.2) is 5.84 Å². The van der Waals surface area contributed by atoms with Crippen LogP contribution in [-0.4, -0.2) is 12.9 Å². The summed E-state index contributed by atoms with van der Waals surface area (Å²) in [5, 5.41) is 3.40. The van der Waals surface area contributed by atoms with Gasteiger partial charge in [0.25, 0.3) is 0 Å². The van der Waals surface area contributed by atoms with Crippen molar-refractivity contribution in [1.82, 2.24) is 0 Å². The van der Waals surface area contributed by atoms with Gasteiger partial charge in [0, 0.05) is 4.47 Å². The number of nitrogens with zero attached hydrogens (tertiary/aromatic N) is 1. The Morgan fingerprint density at radius 2 is 2.23 bits per heavy atom. The van der Waals surface area contributed by atoms with Crippen molar-refractivity contribution in [3.8, 4) is 5.75 Å². The van der Waals surface area contributed by atoms with Crippen LogP contribution in [0.25, 0.3) is 0 Å². The standard InChI is InChI=1S/C8H10BrN3O/c1-13-7-4-5(9)2-3-6(7)8(10)12-11/h2-4H,11H2,1H3,(H2,10,12). The fourth-order valence-electron chi connectivity index (χ4n) is 0.946. The van der Waals surface area contributed by atoms with E-state index in [1.165, 1.54) is 0 Å². The summed E-state index contributed by atoms with van der Waals surface area (Å²) in [7, 11) is 1.56. The molecule has 0 fully saturated rings. The lowest BCUT2D eigenvalue weighted by atomic mass is 10.2. The van der Waals surface area contributed by atoms with Gasteiger partial charge in [-0.3, -0.25) is 0 Å². The largest absolute Gasteiger partial charge is 0.496 e. The van der Waals surface area contributed by atoms with Gasteiger partial charge in [-0.25, -0.2) is 0 Å². The van der Waals surface area contributed by atoms with E-state index in [0.717, 1.165) is 4.47 Å². The van der Waals surface area contributed by atoms with E-state index in [-0.39, 0.29) is 5.84 Å². The Balaban J connectivity index is 3.21. The molecule has 0 heterocycles. The van der Waals surface area contributed by atoms with Crippen LogP contribution in [0.2, 0.25) is 0 Å². The van der Waals surface area contributed by atoms with E-state index in [4.69, 9.17) is 16.3 Å². The maximum Gasteiger partial charge on any atom is 0.154 e. The minimum atomic E-state index is 0.254. The van der Waals surface area contributed by atoms with Gasteiger partial charge >= 0.3 is 0 Å². The van der Waals surface area contributed by atoms with E-state index in [1.54, 1.807) is 19.2 Å². The van der Waals surface area contributed by atoms with Gasteiger partial charge in [-0.15, -0.1) is 0 Å². The highest BCUT2D eigenvalue weighted by Crippen LogP contribution is 2.22. The van der Waals surface area contributed by atoms with E-state index < -0.39 is 0 Å². The van der Waals surface area contributed by atoms with Crippen molar-refractivity contribution in [2.75, 3.05) is 7.11 Å². The van der Waals surface area contributed by atoms with Crippen molar-refractivity contribution in [1.29, 1.82) is 0 Å². The third-order valence-electron chi connectivity index (χ3n) is 1.58. The summed E-state index contributed by atoms with van der Waals surface area (Å²) in [5.74, 6) is 5.96.